The summed E-state index contributed by atoms with van der Waals surface area (Å²) in [5.41, 5.74) is 0.523. The molecule has 0 spiro atoms. The third-order valence-electron chi connectivity index (χ3n) is 3.13. The van der Waals surface area contributed by atoms with Crippen LogP contribution in [0.4, 0.5) is 5.69 Å². The average Bonchev–Trinajstić information content (AvgIpc) is 2.85. The molecule has 1 fully saturated rings. The number of carbonyl (C=O) groups excluding carboxylic acids is 2. The van der Waals surface area contributed by atoms with Gasteiger partial charge >= 0.3 is 5.97 Å². The van der Waals surface area contributed by atoms with Crippen LogP contribution in [0.1, 0.15) is 16.6 Å². The summed E-state index contributed by atoms with van der Waals surface area (Å²) in [5.74, 6) is -0.534. The SMILES string of the molecule is COC(=O)c1sccc1NC(=O)CN1CCN[C@@H](C)C1. The van der Waals surface area contributed by atoms with Gasteiger partial charge in [-0.05, 0) is 18.4 Å². The normalized spacial score (nSPS) is 19.6. The summed E-state index contributed by atoms with van der Waals surface area (Å²) >= 11 is 1.26. The van der Waals surface area contributed by atoms with Crippen LogP contribution < -0.4 is 10.6 Å². The van der Waals surface area contributed by atoms with Gasteiger partial charge in [-0.25, -0.2) is 4.79 Å². The molecule has 2 heterocycles. The van der Waals surface area contributed by atoms with Crippen LogP contribution >= 0.6 is 11.3 Å². The highest BCUT2D eigenvalue weighted by Gasteiger charge is 2.20. The summed E-state index contributed by atoms with van der Waals surface area (Å²) < 4.78 is 4.68. The first kappa shape index (κ1) is 15.0. The lowest BCUT2D eigenvalue weighted by Gasteiger charge is -2.31. The summed E-state index contributed by atoms with van der Waals surface area (Å²) in [6, 6.07) is 2.11. The Morgan fingerprint density at radius 1 is 1.60 bits per heavy atom. The lowest BCUT2D eigenvalue weighted by atomic mass is 10.2. The van der Waals surface area contributed by atoms with Crippen molar-refractivity contribution in [2.75, 3.05) is 38.6 Å². The van der Waals surface area contributed by atoms with E-state index < -0.39 is 5.97 Å². The topological polar surface area (TPSA) is 70.7 Å². The molecule has 1 aliphatic rings. The van der Waals surface area contributed by atoms with Crippen molar-refractivity contribution in [3.63, 3.8) is 0 Å². The lowest BCUT2D eigenvalue weighted by Crippen LogP contribution is -2.51. The average molecular weight is 297 g/mol. The molecule has 7 heteroatoms. The smallest absolute Gasteiger partial charge is 0.350 e. The van der Waals surface area contributed by atoms with Crippen molar-refractivity contribution in [1.82, 2.24) is 10.2 Å². The van der Waals surface area contributed by atoms with Crippen molar-refractivity contribution in [2.24, 2.45) is 0 Å². The van der Waals surface area contributed by atoms with Gasteiger partial charge in [-0.1, -0.05) is 0 Å². The van der Waals surface area contributed by atoms with Gasteiger partial charge in [0.15, 0.2) is 0 Å². The molecule has 0 aliphatic carbocycles. The summed E-state index contributed by atoms with van der Waals surface area (Å²) in [7, 11) is 1.33. The predicted octanol–water partition coefficient (Wildman–Crippen LogP) is 0.767. The van der Waals surface area contributed by atoms with Crippen LogP contribution in [0, 0.1) is 0 Å². The van der Waals surface area contributed by atoms with Crippen LogP contribution in [-0.2, 0) is 9.53 Å². The van der Waals surface area contributed by atoms with Gasteiger partial charge in [-0.15, -0.1) is 11.3 Å². The zero-order chi connectivity index (χ0) is 14.5. The molecular formula is C13H19N3O3S. The minimum atomic E-state index is -0.425. The van der Waals surface area contributed by atoms with Crippen LogP contribution in [0.25, 0.3) is 0 Å². The number of esters is 1. The molecule has 0 saturated carbocycles. The number of hydrogen-bond acceptors (Lipinski definition) is 6. The van der Waals surface area contributed by atoms with E-state index in [2.05, 4.69) is 27.2 Å². The van der Waals surface area contributed by atoms with E-state index in [9.17, 15) is 9.59 Å². The van der Waals surface area contributed by atoms with Gasteiger partial charge in [-0.3, -0.25) is 9.69 Å². The Balaban J connectivity index is 1.91. The van der Waals surface area contributed by atoms with E-state index in [1.165, 1.54) is 18.4 Å². The fraction of sp³-hybridized carbons (Fsp3) is 0.538. The summed E-state index contributed by atoms with van der Waals surface area (Å²) in [4.78, 5) is 26.1. The second-order valence-electron chi connectivity index (χ2n) is 4.79. The number of rotatable bonds is 4. The molecular weight excluding hydrogens is 278 g/mol. The fourth-order valence-corrected chi connectivity index (χ4v) is 2.97. The highest BCUT2D eigenvalue weighted by atomic mass is 32.1. The molecule has 1 aliphatic heterocycles. The second-order valence-corrected chi connectivity index (χ2v) is 5.71. The van der Waals surface area contributed by atoms with Gasteiger partial charge in [0.2, 0.25) is 5.91 Å². The number of nitrogens with zero attached hydrogens (tertiary/aromatic N) is 1. The fourth-order valence-electron chi connectivity index (χ4n) is 2.21. The van der Waals surface area contributed by atoms with Crippen molar-refractivity contribution in [3.05, 3.63) is 16.3 Å². The van der Waals surface area contributed by atoms with E-state index in [1.54, 1.807) is 11.4 Å². The van der Waals surface area contributed by atoms with E-state index in [-0.39, 0.29) is 5.91 Å². The van der Waals surface area contributed by atoms with Crippen molar-refractivity contribution >= 4 is 28.9 Å². The standard InChI is InChI=1S/C13H19N3O3S/c1-9-7-16(5-4-14-9)8-11(17)15-10-3-6-20-12(10)13(18)19-2/h3,6,9,14H,4-5,7-8H2,1-2H3,(H,15,17)/t9-/m0/s1. The molecule has 0 aromatic carbocycles. The highest BCUT2D eigenvalue weighted by molar-refractivity contribution is 7.12. The van der Waals surface area contributed by atoms with E-state index >= 15 is 0 Å². The first-order chi connectivity index (χ1) is 9.60. The minimum Gasteiger partial charge on any atom is -0.465 e. The van der Waals surface area contributed by atoms with Crippen LogP contribution in [0.5, 0.6) is 0 Å². The quantitative estimate of drug-likeness (QED) is 0.803. The first-order valence-corrected chi connectivity index (χ1v) is 7.39. The highest BCUT2D eigenvalue weighted by Crippen LogP contribution is 2.23. The molecule has 1 aromatic heterocycles. The summed E-state index contributed by atoms with van der Waals surface area (Å²) in [5, 5.41) is 7.86. The van der Waals surface area contributed by atoms with E-state index in [1.807, 2.05) is 0 Å². The van der Waals surface area contributed by atoms with Crippen LogP contribution in [-0.4, -0.2) is 56.1 Å². The molecule has 1 aromatic rings. The summed E-state index contributed by atoms with van der Waals surface area (Å²) in [6.07, 6.45) is 0. The van der Waals surface area contributed by atoms with E-state index in [0.29, 0.717) is 23.2 Å². The maximum Gasteiger partial charge on any atom is 0.350 e. The van der Waals surface area contributed by atoms with E-state index in [0.717, 1.165) is 19.6 Å². The molecule has 110 valence electrons. The number of anilines is 1. The number of nitrogens with one attached hydrogen (secondary N) is 2. The minimum absolute atomic E-state index is 0.109. The molecule has 2 rings (SSSR count). The van der Waals surface area contributed by atoms with Crippen LogP contribution in [0.3, 0.4) is 0 Å². The van der Waals surface area contributed by atoms with Gasteiger partial charge in [-0.2, -0.15) is 0 Å². The Bertz CT molecular complexity index is 489. The number of thiophene rings is 1. The number of piperazine rings is 1. The lowest BCUT2D eigenvalue weighted by molar-refractivity contribution is -0.117. The van der Waals surface area contributed by atoms with Crippen molar-refractivity contribution in [3.8, 4) is 0 Å². The number of methoxy groups -OCH3 is 1. The molecule has 0 radical (unpaired) electrons. The Morgan fingerprint density at radius 2 is 2.40 bits per heavy atom. The molecule has 2 N–H and O–H groups in total. The zero-order valence-electron chi connectivity index (χ0n) is 11.6. The number of amides is 1. The van der Waals surface area contributed by atoms with Crippen molar-refractivity contribution < 1.29 is 14.3 Å². The summed E-state index contributed by atoms with van der Waals surface area (Å²) in [6.45, 7) is 5.02. The zero-order valence-corrected chi connectivity index (χ0v) is 12.5. The Kier molecular flexibility index (Phi) is 5.11. The monoisotopic (exact) mass is 297 g/mol. The molecule has 1 amide bonds. The van der Waals surface area contributed by atoms with Gasteiger partial charge in [0.25, 0.3) is 0 Å². The van der Waals surface area contributed by atoms with Gasteiger partial charge in [0, 0.05) is 25.7 Å². The molecule has 6 nitrogen and oxygen atoms in total. The van der Waals surface area contributed by atoms with Gasteiger partial charge in [0.1, 0.15) is 4.88 Å². The van der Waals surface area contributed by atoms with Crippen LogP contribution in [0.15, 0.2) is 11.4 Å². The Morgan fingerprint density at radius 3 is 3.10 bits per heavy atom. The van der Waals surface area contributed by atoms with Gasteiger partial charge in [0.05, 0.1) is 19.3 Å². The Labute approximate surface area is 122 Å². The molecule has 0 unspecified atom stereocenters. The van der Waals surface area contributed by atoms with Crippen molar-refractivity contribution in [1.29, 1.82) is 0 Å². The molecule has 1 atom stereocenters. The number of carbonyl (C=O) groups is 2. The molecule has 1 saturated heterocycles. The number of hydrogen-bond donors (Lipinski definition) is 2. The molecule has 0 bridgehead atoms. The van der Waals surface area contributed by atoms with Crippen LogP contribution in [0.2, 0.25) is 0 Å². The maximum absolute atomic E-state index is 12.0. The van der Waals surface area contributed by atoms with Crippen molar-refractivity contribution in [2.45, 2.75) is 13.0 Å². The van der Waals surface area contributed by atoms with E-state index in [4.69, 9.17) is 0 Å². The molecule has 20 heavy (non-hydrogen) atoms. The second kappa shape index (κ2) is 6.83. The predicted molar refractivity (Wildman–Crippen MR) is 78.2 cm³/mol. The Hall–Kier alpha value is -1.44. The maximum atomic E-state index is 12.0. The largest absolute Gasteiger partial charge is 0.465 e. The first-order valence-electron chi connectivity index (χ1n) is 6.51. The number of ether oxygens (including phenoxy) is 1. The third-order valence-corrected chi connectivity index (χ3v) is 4.02. The van der Waals surface area contributed by atoms with Gasteiger partial charge < -0.3 is 15.4 Å². The third kappa shape index (κ3) is 3.78.